The molecule has 5 heteroatoms. The fraction of sp³-hybridized carbons (Fsp3) is 0.583. The predicted octanol–water partition coefficient (Wildman–Crippen LogP) is 2.95. The molecule has 1 amide bonds. The Morgan fingerprint density at radius 1 is 1.47 bits per heavy atom. The van der Waals surface area contributed by atoms with Gasteiger partial charge in [0.05, 0.1) is 16.4 Å². The summed E-state index contributed by atoms with van der Waals surface area (Å²) in [5, 5.41) is 2.90. The first-order valence-corrected chi connectivity index (χ1v) is 6.90. The molecule has 17 heavy (non-hydrogen) atoms. The van der Waals surface area contributed by atoms with Gasteiger partial charge in [0.1, 0.15) is 0 Å². The first-order valence-electron chi connectivity index (χ1n) is 5.71. The summed E-state index contributed by atoms with van der Waals surface area (Å²) in [7, 11) is 0. The monoisotopic (exact) mass is 274 g/mol. The van der Waals surface area contributed by atoms with E-state index in [1.165, 1.54) is 11.3 Å². The third-order valence-electron chi connectivity index (χ3n) is 2.44. The van der Waals surface area contributed by atoms with Gasteiger partial charge in [0.15, 0.2) is 0 Å². The summed E-state index contributed by atoms with van der Waals surface area (Å²) in [4.78, 5) is 12.8. The molecular formula is C12H19ClN2OS. The average molecular weight is 275 g/mol. The van der Waals surface area contributed by atoms with Crippen LogP contribution in [0.15, 0.2) is 12.1 Å². The van der Waals surface area contributed by atoms with Crippen LogP contribution < -0.4 is 11.1 Å². The highest BCUT2D eigenvalue weighted by molar-refractivity contribution is 7.16. The lowest BCUT2D eigenvalue weighted by atomic mass is 10.0. The zero-order valence-corrected chi connectivity index (χ0v) is 11.9. The minimum absolute atomic E-state index is 0.0433. The Morgan fingerprint density at radius 3 is 2.59 bits per heavy atom. The Kier molecular flexibility index (Phi) is 5.43. The maximum Gasteiger partial charge on any atom is 0.237 e. The molecule has 1 aromatic heterocycles. The number of carbonyl (C=O) groups is 1. The lowest BCUT2D eigenvalue weighted by Gasteiger charge is -2.17. The van der Waals surface area contributed by atoms with Gasteiger partial charge < -0.3 is 11.1 Å². The molecule has 0 spiro atoms. The number of thiophene rings is 1. The van der Waals surface area contributed by atoms with E-state index in [1.807, 2.05) is 19.1 Å². The van der Waals surface area contributed by atoms with E-state index in [0.717, 1.165) is 9.21 Å². The summed E-state index contributed by atoms with van der Waals surface area (Å²) >= 11 is 7.33. The topological polar surface area (TPSA) is 55.1 Å². The van der Waals surface area contributed by atoms with Crippen molar-refractivity contribution < 1.29 is 4.79 Å². The van der Waals surface area contributed by atoms with Crippen molar-refractivity contribution in [3.8, 4) is 0 Å². The summed E-state index contributed by atoms with van der Waals surface area (Å²) in [5.74, 6) is 0.318. The number of nitrogens with two attached hydrogens (primary N) is 1. The molecule has 0 aliphatic heterocycles. The number of nitrogens with one attached hydrogen (secondary N) is 1. The summed E-state index contributed by atoms with van der Waals surface area (Å²) in [6.07, 6.45) is 0.698. The van der Waals surface area contributed by atoms with Gasteiger partial charge in [0.2, 0.25) is 5.91 Å². The van der Waals surface area contributed by atoms with Crippen molar-refractivity contribution in [1.82, 2.24) is 5.32 Å². The molecule has 0 fully saturated rings. The van der Waals surface area contributed by atoms with Gasteiger partial charge in [-0.05, 0) is 31.4 Å². The van der Waals surface area contributed by atoms with Crippen molar-refractivity contribution in [1.29, 1.82) is 0 Å². The van der Waals surface area contributed by atoms with Crippen molar-refractivity contribution in [3.05, 3.63) is 21.3 Å². The second-order valence-electron chi connectivity index (χ2n) is 4.61. The van der Waals surface area contributed by atoms with Crippen molar-refractivity contribution in [3.63, 3.8) is 0 Å². The Bertz CT molecular complexity index is 378. The molecule has 0 aliphatic rings. The number of hydrogen-bond donors (Lipinski definition) is 2. The van der Waals surface area contributed by atoms with Crippen LogP contribution >= 0.6 is 22.9 Å². The van der Waals surface area contributed by atoms with E-state index >= 15 is 0 Å². The van der Waals surface area contributed by atoms with Crippen LogP contribution in [0.25, 0.3) is 0 Å². The van der Waals surface area contributed by atoms with Crippen LogP contribution in [0.1, 0.15) is 38.1 Å². The number of hydrogen-bond acceptors (Lipinski definition) is 3. The fourth-order valence-corrected chi connectivity index (χ4v) is 2.63. The van der Waals surface area contributed by atoms with Crippen LogP contribution in [0.4, 0.5) is 0 Å². The molecule has 1 aromatic rings. The van der Waals surface area contributed by atoms with E-state index in [9.17, 15) is 4.79 Å². The summed E-state index contributed by atoms with van der Waals surface area (Å²) in [5.41, 5.74) is 5.82. The molecule has 0 radical (unpaired) electrons. The van der Waals surface area contributed by atoms with Crippen molar-refractivity contribution in [2.45, 2.75) is 39.3 Å². The lowest BCUT2D eigenvalue weighted by Crippen LogP contribution is -2.42. The highest BCUT2D eigenvalue weighted by atomic mass is 35.5. The third kappa shape index (κ3) is 4.66. The van der Waals surface area contributed by atoms with Gasteiger partial charge in [-0.15, -0.1) is 11.3 Å². The summed E-state index contributed by atoms with van der Waals surface area (Å²) in [6, 6.07) is 3.27. The Balaban J connectivity index is 2.51. The molecule has 3 N–H and O–H groups in total. The summed E-state index contributed by atoms with van der Waals surface area (Å²) < 4.78 is 0.729. The van der Waals surface area contributed by atoms with Gasteiger partial charge in [0, 0.05) is 4.88 Å². The van der Waals surface area contributed by atoms with Gasteiger partial charge >= 0.3 is 0 Å². The SMILES string of the molecule is CC(C)C[C@@H](N)C(=O)NC(C)c1ccc(Cl)s1. The van der Waals surface area contributed by atoms with Gasteiger partial charge in [-0.1, -0.05) is 25.4 Å². The zero-order chi connectivity index (χ0) is 13.0. The van der Waals surface area contributed by atoms with Crippen LogP contribution in [0.3, 0.4) is 0 Å². The molecule has 1 unspecified atom stereocenters. The zero-order valence-electron chi connectivity index (χ0n) is 10.4. The van der Waals surface area contributed by atoms with E-state index in [-0.39, 0.29) is 11.9 Å². The first-order chi connectivity index (χ1) is 7.90. The lowest BCUT2D eigenvalue weighted by molar-refractivity contribution is -0.123. The van der Waals surface area contributed by atoms with Crippen LogP contribution in [0.2, 0.25) is 4.34 Å². The Hall–Kier alpha value is -0.580. The Labute approximate surface area is 111 Å². The molecule has 0 aliphatic carbocycles. The molecule has 1 heterocycles. The predicted molar refractivity (Wildman–Crippen MR) is 73.3 cm³/mol. The van der Waals surface area contributed by atoms with E-state index in [0.29, 0.717) is 12.3 Å². The number of carbonyl (C=O) groups excluding carboxylic acids is 1. The first kappa shape index (κ1) is 14.5. The summed E-state index contributed by atoms with van der Waals surface area (Å²) in [6.45, 7) is 6.04. The second kappa shape index (κ2) is 6.38. The molecule has 2 atom stereocenters. The fourth-order valence-electron chi connectivity index (χ4n) is 1.57. The van der Waals surface area contributed by atoms with Crippen LogP contribution in [-0.2, 0) is 4.79 Å². The molecule has 96 valence electrons. The smallest absolute Gasteiger partial charge is 0.237 e. The van der Waals surface area contributed by atoms with E-state index < -0.39 is 6.04 Å². The van der Waals surface area contributed by atoms with Gasteiger partial charge in [-0.25, -0.2) is 0 Å². The maximum atomic E-state index is 11.8. The maximum absolute atomic E-state index is 11.8. The second-order valence-corrected chi connectivity index (χ2v) is 6.35. The van der Waals surface area contributed by atoms with E-state index in [2.05, 4.69) is 19.2 Å². The van der Waals surface area contributed by atoms with Gasteiger partial charge in [-0.3, -0.25) is 4.79 Å². The van der Waals surface area contributed by atoms with Crippen LogP contribution in [-0.4, -0.2) is 11.9 Å². The number of rotatable bonds is 5. The largest absolute Gasteiger partial charge is 0.347 e. The van der Waals surface area contributed by atoms with Crippen LogP contribution in [0, 0.1) is 5.92 Å². The number of amides is 1. The molecule has 3 nitrogen and oxygen atoms in total. The minimum atomic E-state index is -0.437. The van der Waals surface area contributed by atoms with Crippen molar-refractivity contribution in [2.24, 2.45) is 11.7 Å². The van der Waals surface area contributed by atoms with Crippen LogP contribution in [0.5, 0.6) is 0 Å². The Morgan fingerprint density at radius 2 is 2.12 bits per heavy atom. The highest BCUT2D eigenvalue weighted by Gasteiger charge is 2.18. The van der Waals surface area contributed by atoms with Crippen molar-refractivity contribution in [2.75, 3.05) is 0 Å². The van der Waals surface area contributed by atoms with Gasteiger partial charge in [0.25, 0.3) is 0 Å². The van der Waals surface area contributed by atoms with Crippen molar-refractivity contribution >= 4 is 28.8 Å². The molecule has 0 aromatic carbocycles. The molecule has 1 rings (SSSR count). The van der Waals surface area contributed by atoms with Gasteiger partial charge in [-0.2, -0.15) is 0 Å². The molecule has 0 saturated carbocycles. The quantitative estimate of drug-likeness (QED) is 0.867. The highest BCUT2D eigenvalue weighted by Crippen LogP contribution is 2.26. The molecule has 0 bridgehead atoms. The molecule has 0 saturated heterocycles. The average Bonchev–Trinajstić information content (AvgIpc) is 2.63. The standard InChI is InChI=1S/C12H19ClN2OS/c1-7(2)6-9(14)12(16)15-8(3)10-4-5-11(13)17-10/h4-5,7-9H,6,14H2,1-3H3,(H,15,16)/t8?,9-/m1/s1. The minimum Gasteiger partial charge on any atom is -0.347 e. The molecular weight excluding hydrogens is 256 g/mol. The van der Waals surface area contributed by atoms with E-state index in [4.69, 9.17) is 17.3 Å². The van der Waals surface area contributed by atoms with E-state index in [1.54, 1.807) is 0 Å². The normalized spacial score (nSPS) is 14.7. The number of halogens is 1. The third-order valence-corrected chi connectivity index (χ3v) is 3.86.